The predicted octanol–water partition coefficient (Wildman–Crippen LogP) is 3.26. The molecule has 0 radical (unpaired) electrons. The normalized spacial score (nSPS) is 24.6. The second kappa shape index (κ2) is 5.82. The van der Waals surface area contributed by atoms with E-state index in [1.807, 2.05) is 6.07 Å². The average molecular weight is 279 g/mol. The number of nitrogens with one attached hydrogen (secondary N) is 1. The highest BCUT2D eigenvalue weighted by atomic mass is 35.5. The molecular formula is C16H23ClN2. The minimum Gasteiger partial charge on any atom is -0.319 e. The van der Waals surface area contributed by atoms with Gasteiger partial charge in [-0.15, -0.1) is 0 Å². The molecule has 104 valence electrons. The number of benzene rings is 1. The van der Waals surface area contributed by atoms with E-state index in [-0.39, 0.29) is 0 Å². The van der Waals surface area contributed by atoms with Crippen LogP contribution in [0.25, 0.3) is 0 Å². The molecule has 19 heavy (non-hydrogen) atoms. The number of aryl methyl sites for hydroxylation is 1. The van der Waals surface area contributed by atoms with Crippen LogP contribution in [0.4, 0.5) is 0 Å². The predicted molar refractivity (Wildman–Crippen MR) is 80.7 cm³/mol. The number of piperidine rings is 1. The van der Waals surface area contributed by atoms with Crippen molar-refractivity contribution in [3.05, 3.63) is 34.3 Å². The Morgan fingerprint density at radius 3 is 2.79 bits per heavy atom. The van der Waals surface area contributed by atoms with E-state index in [0.717, 1.165) is 10.9 Å². The lowest BCUT2D eigenvalue weighted by molar-refractivity contribution is 0.132. The molecule has 1 fully saturated rings. The van der Waals surface area contributed by atoms with E-state index in [9.17, 15) is 0 Å². The second-order valence-corrected chi connectivity index (χ2v) is 6.37. The van der Waals surface area contributed by atoms with E-state index in [0.29, 0.717) is 6.04 Å². The van der Waals surface area contributed by atoms with Crippen molar-refractivity contribution in [1.82, 2.24) is 10.2 Å². The fraction of sp³-hybridized carbons (Fsp3) is 0.625. The van der Waals surface area contributed by atoms with Gasteiger partial charge in [0.2, 0.25) is 0 Å². The SMILES string of the molecule is CNCC1CCN(C2CCc3cc(Cl)ccc32)CC1. The zero-order valence-corrected chi connectivity index (χ0v) is 12.4. The van der Waals surface area contributed by atoms with E-state index < -0.39 is 0 Å². The Balaban J connectivity index is 1.66. The molecule has 0 aromatic heterocycles. The van der Waals surface area contributed by atoms with E-state index in [4.69, 9.17) is 11.6 Å². The largest absolute Gasteiger partial charge is 0.319 e. The van der Waals surface area contributed by atoms with E-state index in [2.05, 4.69) is 29.4 Å². The topological polar surface area (TPSA) is 15.3 Å². The molecule has 0 spiro atoms. The zero-order chi connectivity index (χ0) is 13.2. The van der Waals surface area contributed by atoms with Gasteiger partial charge in [0.05, 0.1) is 0 Å². The van der Waals surface area contributed by atoms with Gasteiger partial charge in [0.15, 0.2) is 0 Å². The molecule has 2 nitrogen and oxygen atoms in total. The molecule has 1 aromatic carbocycles. The van der Waals surface area contributed by atoms with Crippen LogP contribution < -0.4 is 5.32 Å². The number of hydrogen-bond donors (Lipinski definition) is 1. The minimum atomic E-state index is 0.641. The van der Waals surface area contributed by atoms with Crippen molar-refractivity contribution >= 4 is 11.6 Å². The second-order valence-electron chi connectivity index (χ2n) is 5.93. The fourth-order valence-corrected chi connectivity index (χ4v) is 3.90. The standard InChI is InChI=1S/C16H23ClN2/c1-18-11-12-6-8-19(9-7-12)16-5-2-13-10-14(17)3-4-15(13)16/h3-4,10,12,16,18H,2,5-9,11H2,1H3. The van der Waals surface area contributed by atoms with Crippen LogP contribution >= 0.6 is 11.6 Å². The summed E-state index contributed by atoms with van der Waals surface area (Å²) in [6, 6.07) is 7.09. The van der Waals surface area contributed by atoms with E-state index in [1.54, 1.807) is 0 Å². The molecule has 1 N–H and O–H groups in total. The summed E-state index contributed by atoms with van der Waals surface area (Å²) in [5, 5.41) is 4.19. The van der Waals surface area contributed by atoms with Crippen molar-refractivity contribution in [2.75, 3.05) is 26.7 Å². The molecule has 3 rings (SSSR count). The average Bonchev–Trinajstić information content (AvgIpc) is 2.83. The van der Waals surface area contributed by atoms with Crippen LogP contribution in [0.1, 0.15) is 36.4 Å². The molecule has 0 saturated carbocycles. The van der Waals surface area contributed by atoms with Crippen LogP contribution in [0.3, 0.4) is 0 Å². The molecule has 1 heterocycles. The lowest BCUT2D eigenvalue weighted by Crippen LogP contribution is -2.38. The van der Waals surface area contributed by atoms with Crippen molar-refractivity contribution in [3.8, 4) is 0 Å². The summed E-state index contributed by atoms with van der Waals surface area (Å²) in [4.78, 5) is 2.69. The van der Waals surface area contributed by atoms with Gasteiger partial charge in [-0.3, -0.25) is 4.90 Å². The van der Waals surface area contributed by atoms with Gasteiger partial charge in [-0.1, -0.05) is 17.7 Å². The lowest BCUT2D eigenvalue weighted by atomic mass is 9.94. The molecule has 1 aromatic rings. The summed E-state index contributed by atoms with van der Waals surface area (Å²) < 4.78 is 0. The van der Waals surface area contributed by atoms with Gasteiger partial charge >= 0.3 is 0 Å². The van der Waals surface area contributed by atoms with Gasteiger partial charge < -0.3 is 5.32 Å². The molecule has 0 bridgehead atoms. The number of likely N-dealkylation sites (tertiary alicyclic amines) is 1. The van der Waals surface area contributed by atoms with Gasteiger partial charge in [0.25, 0.3) is 0 Å². The Hall–Kier alpha value is -0.570. The maximum atomic E-state index is 6.09. The van der Waals surface area contributed by atoms with Crippen molar-refractivity contribution in [1.29, 1.82) is 0 Å². The summed E-state index contributed by atoms with van der Waals surface area (Å²) in [6.07, 6.45) is 5.13. The molecular weight excluding hydrogens is 256 g/mol. The maximum Gasteiger partial charge on any atom is 0.0408 e. The van der Waals surface area contributed by atoms with Crippen LogP contribution in [0.5, 0.6) is 0 Å². The Morgan fingerprint density at radius 1 is 1.26 bits per heavy atom. The van der Waals surface area contributed by atoms with E-state index in [1.165, 1.54) is 56.4 Å². The van der Waals surface area contributed by atoms with Crippen molar-refractivity contribution in [2.45, 2.75) is 31.7 Å². The highest BCUT2D eigenvalue weighted by molar-refractivity contribution is 6.30. The third kappa shape index (κ3) is 2.81. The van der Waals surface area contributed by atoms with Gasteiger partial charge in [0.1, 0.15) is 0 Å². The molecule has 1 atom stereocenters. The van der Waals surface area contributed by atoms with Crippen LogP contribution in [-0.4, -0.2) is 31.6 Å². The molecule has 0 amide bonds. The monoisotopic (exact) mass is 278 g/mol. The summed E-state index contributed by atoms with van der Waals surface area (Å²) in [6.45, 7) is 3.67. The summed E-state index contributed by atoms with van der Waals surface area (Å²) in [7, 11) is 2.06. The summed E-state index contributed by atoms with van der Waals surface area (Å²) >= 11 is 6.09. The smallest absolute Gasteiger partial charge is 0.0408 e. The highest BCUT2D eigenvalue weighted by Gasteiger charge is 2.30. The van der Waals surface area contributed by atoms with Gasteiger partial charge in [-0.25, -0.2) is 0 Å². The van der Waals surface area contributed by atoms with Crippen molar-refractivity contribution < 1.29 is 0 Å². The fourth-order valence-electron chi connectivity index (χ4n) is 3.70. The van der Waals surface area contributed by atoms with Gasteiger partial charge in [-0.05, 0) is 81.5 Å². The number of fused-ring (bicyclic) bond motifs is 1. The molecule has 2 aliphatic rings. The van der Waals surface area contributed by atoms with Gasteiger partial charge in [0, 0.05) is 11.1 Å². The number of halogens is 1. The Morgan fingerprint density at radius 2 is 2.05 bits per heavy atom. The molecule has 1 aliphatic heterocycles. The zero-order valence-electron chi connectivity index (χ0n) is 11.7. The van der Waals surface area contributed by atoms with Crippen LogP contribution in [0.2, 0.25) is 5.02 Å². The highest BCUT2D eigenvalue weighted by Crippen LogP contribution is 2.38. The Kier molecular flexibility index (Phi) is 4.11. The first kappa shape index (κ1) is 13.4. The van der Waals surface area contributed by atoms with Crippen molar-refractivity contribution in [3.63, 3.8) is 0 Å². The molecule has 1 unspecified atom stereocenters. The summed E-state index contributed by atoms with van der Waals surface area (Å²) in [5.41, 5.74) is 2.99. The van der Waals surface area contributed by atoms with Crippen LogP contribution in [0, 0.1) is 5.92 Å². The third-order valence-corrected chi connectivity index (χ3v) is 4.97. The summed E-state index contributed by atoms with van der Waals surface area (Å²) in [5.74, 6) is 0.868. The molecule has 1 saturated heterocycles. The first-order valence-corrected chi connectivity index (χ1v) is 7.82. The quantitative estimate of drug-likeness (QED) is 0.913. The third-order valence-electron chi connectivity index (χ3n) is 4.73. The van der Waals surface area contributed by atoms with E-state index >= 15 is 0 Å². The molecule has 1 aliphatic carbocycles. The van der Waals surface area contributed by atoms with Crippen LogP contribution in [-0.2, 0) is 6.42 Å². The molecule has 3 heteroatoms. The first-order chi connectivity index (χ1) is 9.28. The van der Waals surface area contributed by atoms with Crippen LogP contribution in [0.15, 0.2) is 18.2 Å². The Labute approximate surface area is 121 Å². The minimum absolute atomic E-state index is 0.641. The Bertz CT molecular complexity index is 438. The van der Waals surface area contributed by atoms with Crippen molar-refractivity contribution in [2.24, 2.45) is 5.92 Å². The number of nitrogens with zero attached hydrogens (tertiary/aromatic N) is 1. The lowest BCUT2D eigenvalue weighted by Gasteiger charge is -2.36. The van der Waals surface area contributed by atoms with Gasteiger partial charge in [-0.2, -0.15) is 0 Å². The maximum absolute atomic E-state index is 6.09. The first-order valence-electron chi connectivity index (χ1n) is 7.45. The number of rotatable bonds is 3. The number of hydrogen-bond acceptors (Lipinski definition) is 2.